The topological polar surface area (TPSA) is 63.9 Å². The lowest BCUT2D eigenvalue weighted by Gasteiger charge is -2.10. The molecule has 0 saturated carbocycles. The lowest BCUT2D eigenvalue weighted by atomic mass is 10.00. The van der Waals surface area contributed by atoms with E-state index >= 15 is 0 Å². The first kappa shape index (κ1) is 27.4. The van der Waals surface area contributed by atoms with Gasteiger partial charge in [0.1, 0.15) is 0 Å². The maximum atomic E-state index is 4.85. The lowest BCUT2D eigenvalue weighted by Crippen LogP contribution is -2.00. The Morgan fingerprint density at radius 3 is 1.65 bits per heavy atom. The minimum atomic E-state index is 0.629. The van der Waals surface area contributed by atoms with E-state index < -0.39 is 0 Å². The average molecular weight is 556 g/mol. The average Bonchev–Trinajstić information content (AvgIpc) is 3.09. The van der Waals surface area contributed by atoms with Crippen LogP contribution in [0.1, 0.15) is 18.2 Å². The molecule has 0 radical (unpaired) electrons. The Kier molecular flexibility index (Phi) is 8.14. The van der Waals surface area contributed by atoms with Crippen molar-refractivity contribution in [2.75, 3.05) is 0 Å². The van der Waals surface area contributed by atoms with E-state index in [1.165, 1.54) is 0 Å². The Morgan fingerprint density at radius 1 is 0.558 bits per heavy atom. The van der Waals surface area contributed by atoms with Gasteiger partial charge < -0.3 is 0 Å². The van der Waals surface area contributed by atoms with Gasteiger partial charge in [-0.3, -0.25) is 9.98 Å². The third-order valence-electron chi connectivity index (χ3n) is 7.06. The molecule has 206 valence electrons. The summed E-state index contributed by atoms with van der Waals surface area (Å²) in [4.78, 5) is 23.2. The van der Waals surface area contributed by atoms with Crippen LogP contribution in [-0.2, 0) is 0 Å². The SMILES string of the molecule is C=N/C(=C\C=C(/C)c1ccccn1)c1cccc(-c2ccc(-c3nc(-c4ccccc4)nc(-c4ccccc4)n3)cc2)c1. The largest absolute Gasteiger partial charge is 0.264 e. The Hall–Kier alpha value is -5.81. The molecule has 43 heavy (non-hydrogen) atoms. The molecule has 5 heteroatoms. The van der Waals surface area contributed by atoms with Crippen molar-refractivity contribution in [2.45, 2.75) is 6.92 Å². The van der Waals surface area contributed by atoms with Crippen LogP contribution >= 0.6 is 0 Å². The first-order valence-corrected chi connectivity index (χ1v) is 14.0. The number of allylic oxidation sites excluding steroid dienone is 3. The van der Waals surface area contributed by atoms with Crippen LogP contribution in [0.25, 0.3) is 56.6 Å². The van der Waals surface area contributed by atoms with E-state index in [-0.39, 0.29) is 0 Å². The maximum Gasteiger partial charge on any atom is 0.164 e. The van der Waals surface area contributed by atoms with Crippen LogP contribution in [0.5, 0.6) is 0 Å². The molecule has 0 spiro atoms. The zero-order valence-corrected chi connectivity index (χ0v) is 23.8. The molecular formula is C38H29N5. The number of aliphatic imine (C=N–C) groups is 1. The van der Waals surface area contributed by atoms with E-state index in [0.29, 0.717) is 17.5 Å². The zero-order chi connectivity index (χ0) is 29.4. The Morgan fingerprint density at radius 2 is 1.09 bits per heavy atom. The van der Waals surface area contributed by atoms with E-state index in [1.54, 1.807) is 6.20 Å². The van der Waals surface area contributed by atoms with Crippen LogP contribution in [0.3, 0.4) is 0 Å². The van der Waals surface area contributed by atoms with Gasteiger partial charge in [-0.15, -0.1) is 0 Å². The van der Waals surface area contributed by atoms with Gasteiger partial charge in [0.15, 0.2) is 17.5 Å². The summed E-state index contributed by atoms with van der Waals surface area (Å²) in [6.07, 6.45) is 5.80. The number of hydrogen-bond donors (Lipinski definition) is 0. The molecule has 0 bridgehead atoms. The van der Waals surface area contributed by atoms with E-state index in [4.69, 9.17) is 15.0 Å². The van der Waals surface area contributed by atoms with Crippen molar-refractivity contribution in [2.24, 2.45) is 4.99 Å². The van der Waals surface area contributed by atoms with Gasteiger partial charge in [0, 0.05) is 28.5 Å². The highest BCUT2D eigenvalue weighted by Gasteiger charge is 2.12. The van der Waals surface area contributed by atoms with E-state index in [2.05, 4.69) is 53.1 Å². The molecule has 0 amide bonds. The predicted molar refractivity (Wildman–Crippen MR) is 177 cm³/mol. The van der Waals surface area contributed by atoms with Crippen molar-refractivity contribution in [1.82, 2.24) is 19.9 Å². The monoisotopic (exact) mass is 555 g/mol. The minimum absolute atomic E-state index is 0.629. The Bertz CT molecular complexity index is 1850. The molecule has 6 rings (SSSR count). The number of pyridine rings is 1. The molecule has 0 aliphatic rings. The third-order valence-corrected chi connectivity index (χ3v) is 7.06. The van der Waals surface area contributed by atoms with Crippen LogP contribution in [0.2, 0.25) is 0 Å². The molecule has 0 atom stereocenters. The second kappa shape index (κ2) is 12.8. The Labute approximate surface area is 251 Å². The first-order chi connectivity index (χ1) is 21.2. The number of nitrogens with zero attached hydrogens (tertiary/aromatic N) is 5. The molecule has 0 saturated heterocycles. The molecule has 5 nitrogen and oxygen atoms in total. The van der Waals surface area contributed by atoms with E-state index in [1.807, 2.05) is 110 Å². The van der Waals surface area contributed by atoms with Crippen LogP contribution in [0, 0.1) is 0 Å². The molecule has 2 aromatic heterocycles. The van der Waals surface area contributed by atoms with Crippen LogP contribution < -0.4 is 0 Å². The first-order valence-electron chi connectivity index (χ1n) is 14.0. The summed E-state index contributed by atoms with van der Waals surface area (Å²) in [5.41, 5.74) is 8.73. The smallest absolute Gasteiger partial charge is 0.164 e. The zero-order valence-electron chi connectivity index (χ0n) is 23.8. The number of rotatable bonds is 8. The van der Waals surface area contributed by atoms with Gasteiger partial charge in [0.25, 0.3) is 0 Å². The molecular weight excluding hydrogens is 526 g/mol. The van der Waals surface area contributed by atoms with E-state index in [0.717, 1.165) is 50.3 Å². The van der Waals surface area contributed by atoms with Crippen molar-refractivity contribution in [3.8, 4) is 45.3 Å². The van der Waals surface area contributed by atoms with Crippen molar-refractivity contribution in [1.29, 1.82) is 0 Å². The highest BCUT2D eigenvalue weighted by molar-refractivity contribution is 5.77. The summed E-state index contributed by atoms with van der Waals surface area (Å²) in [6, 6.07) is 42.5. The highest BCUT2D eigenvalue weighted by Crippen LogP contribution is 2.29. The van der Waals surface area contributed by atoms with Gasteiger partial charge in [-0.05, 0) is 54.6 Å². The second-order valence-electron chi connectivity index (χ2n) is 9.97. The fraction of sp³-hybridized carbons (Fsp3) is 0.0263. The molecule has 6 aromatic rings. The van der Waals surface area contributed by atoms with Crippen molar-refractivity contribution in [3.05, 3.63) is 157 Å². The number of aromatic nitrogens is 4. The van der Waals surface area contributed by atoms with Gasteiger partial charge in [-0.25, -0.2) is 15.0 Å². The summed E-state index contributed by atoms with van der Waals surface area (Å²) >= 11 is 0. The minimum Gasteiger partial charge on any atom is -0.264 e. The molecule has 4 aromatic carbocycles. The Balaban J connectivity index is 1.31. The van der Waals surface area contributed by atoms with Gasteiger partial charge in [0.2, 0.25) is 0 Å². The second-order valence-corrected chi connectivity index (χ2v) is 9.97. The quantitative estimate of drug-likeness (QED) is 0.139. The fourth-order valence-corrected chi connectivity index (χ4v) is 4.73. The van der Waals surface area contributed by atoms with Crippen LogP contribution in [-0.4, -0.2) is 26.7 Å². The summed E-state index contributed by atoms with van der Waals surface area (Å²) in [5.74, 6) is 1.92. The van der Waals surface area contributed by atoms with E-state index in [9.17, 15) is 0 Å². The third kappa shape index (κ3) is 6.42. The van der Waals surface area contributed by atoms with Crippen molar-refractivity contribution in [3.63, 3.8) is 0 Å². The van der Waals surface area contributed by atoms with Crippen molar-refractivity contribution < 1.29 is 0 Å². The van der Waals surface area contributed by atoms with Gasteiger partial charge in [0.05, 0.1) is 11.4 Å². The molecule has 0 unspecified atom stereocenters. The summed E-state index contributed by atoms with van der Waals surface area (Å²) in [5, 5.41) is 0. The van der Waals surface area contributed by atoms with Crippen molar-refractivity contribution >= 4 is 18.0 Å². The summed E-state index contributed by atoms with van der Waals surface area (Å²) < 4.78 is 0. The summed E-state index contributed by atoms with van der Waals surface area (Å²) in [6.45, 7) is 5.85. The van der Waals surface area contributed by atoms with Gasteiger partial charge in [-0.2, -0.15) is 0 Å². The van der Waals surface area contributed by atoms with Crippen LogP contribution in [0.4, 0.5) is 0 Å². The molecule has 0 aliphatic carbocycles. The standard InChI is InChI=1S/C38H29N5/c1-27(34-18-9-10-25-40-34)19-24-35(39-2)33-17-11-16-32(26-33)28-20-22-31(23-21-28)38-42-36(29-12-5-3-6-13-29)41-37(43-38)30-14-7-4-8-15-30/h3-26H,2H2,1H3/b27-19+,35-24-. The maximum absolute atomic E-state index is 4.85. The highest BCUT2D eigenvalue weighted by atomic mass is 15.0. The lowest BCUT2D eigenvalue weighted by molar-refractivity contribution is 1.07. The van der Waals surface area contributed by atoms with Gasteiger partial charge >= 0.3 is 0 Å². The molecule has 0 fully saturated rings. The molecule has 0 N–H and O–H groups in total. The van der Waals surface area contributed by atoms with Gasteiger partial charge in [-0.1, -0.05) is 115 Å². The number of benzene rings is 4. The van der Waals surface area contributed by atoms with Crippen LogP contribution in [0.15, 0.2) is 151 Å². The predicted octanol–water partition coefficient (Wildman–Crippen LogP) is 9.08. The summed E-state index contributed by atoms with van der Waals surface area (Å²) in [7, 11) is 0. The fourth-order valence-electron chi connectivity index (χ4n) is 4.73. The number of hydrogen-bond acceptors (Lipinski definition) is 5. The normalized spacial score (nSPS) is 11.7. The molecule has 2 heterocycles. The molecule has 0 aliphatic heterocycles.